The minimum Gasteiger partial charge on any atom is -0.364 e. The Morgan fingerprint density at radius 2 is 2.20 bits per heavy atom. The minimum absolute atomic E-state index is 0.0324. The zero-order valence-electron chi connectivity index (χ0n) is 6.18. The van der Waals surface area contributed by atoms with Crippen molar-refractivity contribution in [1.29, 1.82) is 0 Å². The van der Waals surface area contributed by atoms with Crippen LogP contribution in [0.25, 0.3) is 0 Å². The molecule has 0 aromatic heterocycles. The summed E-state index contributed by atoms with van der Waals surface area (Å²) >= 11 is 0. The molecule has 10 heavy (non-hydrogen) atoms. The second kappa shape index (κ2) is 2.41. The van der Waals surface area contributed by atoms with E-state index in [1.165, 1.54) is 0 Å². The quantitative estimate of drug-likeness (QED) is 0.325. The number of epoxide rings is 1. The third-order valence-corrected chi connectivity index (χ3v) is 1.57. The number of ether oxygens (including phenoxy) is 1. The molecule has 0 bridgehead atoms. The fraction of sp³-hybridized carbons (Fsp3) is 0.500. The van der Waals surface area contributed by atoms with Crippen molar-refractivity contribution in [2.45, 2.75) is 26.1 Å². The first kappa shape index (κ1) is 7.26. The maximum Gasteiger partial charge on any atom is 0.131 e. The predicted octanol–water partition coefficient (Wildman–Crippen LogP) is 1.11. The molecule has 2 atom stereocenters. The van der Waals surface area contributed by atoms with Gasteiger partial charge in [0, 0.05) is 0 Å². The van der Waals surface area contributed by atoms with Crippen molar-refractivity contribution >= 4 is 5.94 Å². The highest BCUT2D eigenvalue weighted by molar-refractivity contribution is 5.62. The van der Waals surface area contributed by atoms with E-state index in [2.05, 4.69) is 6.58 Å². The van der Waals surface area contributed by atoms with Gasteiger partial charge in [0.25, 0.3) is 0 Å². The normalized spacial score (nSPS) is 29.0. The van der Waals surface area contributed by atoms with Gasteiger partial charge in [-0.1, -0.05) is 6.58 Å². The lowest BCUT2D eigenvalue weighted by atomic mass is 10.1. The van der Waals surface area contributed by atoms with Gasteiger partial charge in [-0.05, 0) is 19.4 Å². The van der Waals surface area contributed by atoms with Gasteiger partial charge in [0.2, 0.25) is 0 Å². The van der Waals surface area contributed by atoms with E-state index in [0.717, 1.165) is 5.57 Å². The van der Waals surface area contributed by atoms with Crippen LogP contribution in [0.3, 0.4) is 0 Å². The van der Waals surface area contributed by atoms with Crippen LogP contribution >= 0.6 is 0 Å². The molecule has 0 saturated carbocycles. The molecule has 2 heteroatoms. The van der Waals surface area contributed by atoms with E-state index < -0.39 is 0 Å². The van der Waals surface area contributed by atoms with Crippen LogP contribution in [0.4, 0.5) is 0 Å². The summed E-state index contributed by atoms with van der Waals surface area (Å²) in [5.74, 6) is 1.84. The molecule has 1 aliphatic rings. The van der Waals surface area contributed by atoms with Gasteiger partial charge in [-0.15, -0.1) is 0 Å². The second-order valence-corrected chi connectivity index (χ2v) is 2.56. The highest BCUT2D eigenvalue weighted by Crippen LogP contribution is 2.30. The van der Waals surface area contributed by atoms with Crippen molar-refractivity contribution in [3.05, 3.63) is 17.7 Å². The third kappa shape index (κ3) is 1.18. The molecule has 54 valence electrons. The van der Waals surface area contributed by atoms with Crippen LogP contribution in [-0.4, -0.2) is 18.1 Å². The predicted molar refractivity (Wildman–Crippen MR) is 38.4 cm³/mol. The fourth-order valence-electron chi connectivity index (χ4n) is 0.877. The Hall–Kier alpha value is -0.850. The van der Waals surface area contributed by atoms with E-state index >= 15 is 0 Å². The molecule has 0 aromatic carbocycles. The number of rotatable bonds is 2. The number of hydrogen-bond donors (Lipinski definition) is 0. The molecule has 0 amide bonds. The van der Waals surface area contributed by atoms with E-state index in [1.807, 2.05) is 12.9 Å². The Kier molecular flexibility index (Phi) is 1.75. The molecule has 1 saturated heterocycles. The van der Waals surface area contributed by atoms with Crippen LogP contribution < -0.4 is 0 Å². The smallest absolute Gasteiger partial charge is 0.131 e. The zero-order valence-corrected chi connectivity index (χ0v) is 6.18. The third-order valence-electron chi connectivity index (χ3n) is 1.57. The first-order chi connectivity index (χ1) is 4.66. The summed E-state index contributed by atoms with van der Waals surface area (Å²) in [6.45, 7) is 7.35. The van der Waals surface area contributed by atoms with Gasteiger partial charge in [0.1, 0.15) is 12.0 Å². The average molecular weight is 138 g/mol. The first-order valence-corrected chi connectivity index (χ1v) is 3.23. The first-order valence-electron chi connectivity index (χ1n) is 3.23. The van der Waals surface area contributed by atoms with Crippen LogP contribution in [0.5, 0.6) is 0 Å². The van der Waals surface area contributed by atoms with Crippen LogP contribution in [0, 0.1) is 0 Å². The fourth-order valence-corrected chi connectivity index (χ4v) is 0.877. The summed E-state index contributed by atoms with van der Waals surface area (Å²) in [5, 5.41) is 0. The number of carbonyl (C=O) groups excluding carboxylic acids is 1. The summed E-state index contributed by atoms with van der Waals surface area (Å²) in [6, 6.07) is 0. The lowest BCUT2D eigenvalue weighted by Gasteiger charge is -1.93. The van der Waals surface area contributed by atoms with Gasteiger partial charge in [-0.25, -0.2) is 4.79 Å². The van der Waals surface area contributed by atoms with Gasteiger partial charge in [0.15, 0.2) is 0 Å². The summed E-state index contributed by atoms with van der Waals surface area (Å²) in [7, 11) is 0. The maximum atomic E-state index is 10.3. The summed E-state index contributed by atoms with van der Waals surface area (Å²) in [4.78, 5) is 10.3. The van der Waals surface area contributed by atoms with Crippen molar-refractivity contribution in [2.24, 2.45) is 0 Å². The van der Waals surface area contributed by atoms with Gasteiger partial charge < -0.3 is 4.74 Å². The van der Waals surface area contributed by atoms with Crippen LogP contribution in [-0.2, 0) is 9.53 Å². The largest absolute Gasteiger partial charge is 0.364 e. The highest BCUT2D eigenvalue weighted by Gasteiger charge is 2.38. The summed E-state index contributed by atoms with van der Waals surface area (Å²) in [6.07, 6.45) is 0.142. The highest BCUT2D eigenvalue weighted by atomic mass is 16.6. The van der Waals surface area contributed by atoms with Crippen LogP contribution in [0.15, 0.2) is 17.7 Å². The zero-order chi connectivity index (χ0) is 7.72. The molecule has 1 fully saturated rings. The molecule has 0 spiro atoms. The minimum atomic E-state index is -0.0324. The molecular formula is C8H10O2. The van der Waals surface area contributed by atoms with Gasteiger partial charge in [0.05, 0.1) is 11.7 Å². The van der Waals surface area contributed by atoms with Crippen molar-refractivity contribution in [3.8, 4) is 0 Å². The molecule has 0 N–H and O–H groups in total. The van der Waals surface area contributed by atoms with E-state index in [0.29, 0.717) is 5.57 Å². The number of hydrogen-bond acceptors (Lipinski definition) is 2. The Bertz CT molecular complexity index is 211. The van der Waals surface area contributed by atoms with Crippen molar-refractivity contribution in [1.82, 2.24) is 0 Å². The summed E-state index contributed by atoms with van der Waals surface area (Å²) < 4.78 is 5.07. The molecule has 2 unspecified atom stereocenters. The Morgan fingerprint density at radius 3 is 2.30 bits per heavy atom. The molecular weight excluding hydrogens is 128 g/mol. The van der Waals surface area contributed by atoms with Crippen molar-refractivity contribution in [3.63, 3.8) is 0 Å². The SMILES string of the molecule is C=C(C)C(=C=O)C1OC1C. The van der Waals surface area contributed by atoms with Crippen molar-refractivity contribution < 1.29 is 9.53 Å². The molecule has 0 aliphatic carbocycles. The molecule has 1 heterocycles. The standard InChI is InChI=1S/C8H10O2/c1-5(2)7(4-9)8-6(3)10-8/h6,8H,1H2,2-3H3. The van der Waals surface area contributed by atoms with E-state index in [4.69, 9.17) is 4.74 Å². The average Bonchev–Trinajstić information content (AvgIpc) is 2.48. The maximum absolute atomic E-state index is 10.3. The lowest BCUT2D eigenvalue weighted by Crippen LogP contribution is -1.97. The molecule has 2 nitrogen and oxygen atoms in total. The molecule has 1 rings (SSSR count). The second-order valence-electron chi connectivity index (χ2n) is 2.56. The van der Waals surface area contributed by atoms with Gasteiger partial charge >= 0.3 is 0 Å². The van der Waals surface area contributed by atoms with Gasteiger partial charge in [-0.2, -0.15) is 0 Å². The van der Waals surface area contributed by atoms with Crippen LogP contribution in [0.1, 0.15) is 13.8 Å². The van der Waals surface area contributed by atoms with Crippen molar-refractivity contribution in [2.75, 3.05) is 0 Å². The molecule has 0 radical (unpaired) electrons. The Balaban J connectivity index is 2.69. The monoisotopic (exact) mass is 138 g/mol. The molecule has 1 aliphatic heterocycles. The van der Waals surface area contributed by atoms with Gasteiger partial charge in [-0.3, -0.25) is 0 Å². The molecule has 0 aromatic rings. The topological polar surface area (TPSA) is 29.6 Å². The van der Waals surface area contributed by atoms with E-state index in [1.54, 1.807) is 6.92 Å². The lowest BCUT2D eigenvalue weighted by molar-refractivity contribution is 0.396. The van der Waals surface area contributed by atoms with E-state index in [9.17, 15) is 4.79 Å². The van der Waals surface area contributed by atoms with E-state index in [-0.39, 0.29) is 12.2 Å². The Labute approximate surface area is 60.2 Å². The van der Waals surface area contributed by atoms with Crippen LogP contribution in [0.2, 0.25) is 0 Å². The summed E-state index contributed by atoms with van der Waals surface area (Å²) in [5.41, 5.74) is 1.33. The Morgan fingerprint density at radius 1 is 1.70 bits per heavy atom.